The molecular formula is C14H17F3O3. The highest BCUT2D eigenvalue weighted by atomic mass is 19.3. The van der Waals surface area contributed by atoms with Gasteiger partial charge >= 0.3 is 12.1 Å². The molecule has 0 aliphatic heterocycles. The van der Waals surface area contributed by atoms with Crippen LogP contribution in [0, 0.1) is 0 Å². The highest BCUT2D eigenvalue weighted by Gasteiger charge is 2.46. The molecule has 0 aliphatic carbocycles. The first-order valence-corrected chi connectivity index (χ1v) is 6.36. The number of ether oxygens (including phenoxy) is 1. The molecule has 1 aromatic rings. The average molecular weight is 290 g/mol. The maximum absolute atomic E-state index is 13.8. The minimum absolute atomic E-state index is 0.0804. The number of carboxylic acid groups (broad SMARTS) is 1. The number of carboxylic acids is 1. The van der Waals surface area contributed by atoms with Crippen LogP contribution >= 0.6 is 0 Å². The lowest BCUT2D eigenvalue weighted by molar-refractivity contribution is -0.295. The Hall–Kier alpha value is -1.56. The Morgan fingerprint density at radius 1 is 1.35 bits per heavy atom. The number of benzene rings is 1. The fraction of sp³-hybridized carbons (Fsp3) is 0.500. The van der Waals surface area contributed by atoms with Gasteiger partial charge in [0.05, 0.1) is 0 Å². The van der Waals surface area contributed by atoms with Gasteiger partial charge in [0.15, 0.2) is 6.10 Å². The highest BCUT2D eigenvalue weighted by Crippen LogP contribution is 2.37. The molecule has 0 radical (unpaired) electrons. The number of hydrogen-bond acceptors (Lipinski definition) is 2. The summed E-state index contributed by atoms with van der Waals surface area (Å²) in [6, 6.07) is 6.80. The van der Waals surface area contributed by atoms with Gasteiger partial charge in [0.1, 0.15) is 0 Å². The van der Waals surface area contributed by atoms with Crippen LogP contribution < -0.4 is 0 Å². The van der Waals surface area contributed by atoms with E-state index in [0.717, 1.165) is 0 Å². The molecular weight excluding hydrogens is 273 g/mol. The van der Waals surface area contributed by atoms with Crippen LogP contribution in [0.1, 0.15) is 37.9 Å². The van der Waals surface area contributed by atoms with E-state index in [1.54, 1.807) is 13.0 Å². The normalized spacial score (nSPS) is 14.8. The fourth-order valence-electron chi connectivity index (χ4n) is 1.69. The first kappa shape index (κ1) is 16.5. The molecule has 6 heteroatoms. The molecule has 0 fully saturated rings. The van der Waals surface area contributed by atoms with Crippen molar-refractivity contribution in [2.45, 2.75) is 44.6 Å². The third kappa shape index (κ3) is 4.52. The van der Waals surface area contributed by atoms with E-state index >= 15 is 0 Å². The van der Waals surface area contributed by atoms with Crippen molar-refractivity contribution in [2.75, 3.05) is 0 Å². The zero-order valence-electron chi connectivity index (χ0n) is 11.1. The van der Waals surface area contributed by atoms with E-state index in [-0.39, 0.29) is 12.0 Å². The zero-order chi connectivity index (χ0) is 15.2. The van der Waals surface area contributed by atoms with Crippen LogP contribution in [0.5, 0.6) is 0 Å². The maximum atomic E-state index is 13.8. The number of carbonyl (C=O) groups is 1. The molecule has 20 heavy (non-hydrogen) atoms. The summed E-state index contributed by atoms with van der Waals surface area (Å²) < 4.78 is 45.4. The first-order chi connectivity index (χ1) is 9.38. The number of halogens is 3. The quantitative estimate of drug-likeness (QED) is 0.788. The van der Waals surface area contributed by atoms with Crippen molar-refractivity contribution in [2.24, 2.45) is 0 Å². The molecule has 112 valence electrons. The lowest BCUT2D eigenvalue weighted by Gasteiger charge is -2.24. The number of hydrogen-bond donors (Lipinski definition) is 1. The molecule has 2 unspecified atom stereocenters. The van der Waals surface area contributed by atoms with Crippen molar-refractivity contribution < 1.29 is 27.8 Å². The Kier molecular flexibility index (Phi) is 6.01. The van der Waals surface area contributed by atoms with Crippen molar-refractivity contribution in [3.8, 4) is 0 Å². The van der Waals surface area contributed by atoms with Gasteiger partial charge in [0.2, 0.25) is 6.17 Å². The van der Waals surface area contributed by atoms with Gasteiger partial charge in [0.25, 0.3) is 0 Å². The van der Waals surface area contributed by atoms with Gasteiger partial charge in [-0.1, -0.05) is 50.1 Å². The summed E-state index contributed by atoms with van der Waals surface area (Å²) in [5, 5.41) is 8.83. The average Bonchev–Trinajstić information content (AvgIpc) is 2.43. The Balaban J connectivity index is 2.78. The number of rotatable bonds is 8. The maximum Gasteiger partial charge on any atom is 0.391 e. The molecule has 1 rings (SSSR count). The standard InChI is InChI=1S/C14H17F3O3/c1-2-3-9-11(13(18)19)20-14(16,17)12(15)10-7-5-4-6-8-10/h4-8,11-12H,2-3,9H2,1H3,(H,18,19). The SMILES string of the molecule is CCCCC(OC(F)(F)C(F)c1ccccc1)C(=O)O. The molecule has 1 N–H and O–H groups in total. The molecule has 0 aliphatic rings. The van der Waals surface area contributed by atoms with Crippen LogP contribution in [-0.4, -0.2) is 23.3 Å². The molecule has 2 atom stereocenters. The van der Waals surface area contributed by atoms with Crippen LogP contribution in [0.15, 0.2) is 30.3 Å². The molecule has 1 aromatic carbocycles. The number of aliphatic carboxylic acids is 1. The molecule has 0 saturated heterocycles. The monoisotopic (exact) mass is 290 g/mol. The zero-order valence-corrected chi connectivity index (χ0v) is 11.1. The van der Waals surface area contributed by atoms with E-state index in [1.165, 1.54) is 24.3 Å². The van der Waals surface area contributed by atoms with Gasteiger partial charge in [-0.25, -0.2) is 9.18 Å². The third-order valence-electron chi connectivity index (χ3n) is 2.78. The van der Waals surface area contributed by atoms with E-state index in [4.69, 9.17) is 5.11 Å². The lowest BCUT2D eigenvalue weighted by Crippen LogP contribution is -2.36. The van der Waals surface area contributed by atoms with E-state index in [0.29, 0.717) is 12.8 Å². The van der Waals surface area contributed by atoms with Crippen molar-refractivity contribution in [1.29, 1.82) is 0 Å². The molecule has 0 amide bonds. The third-order valence-corrected chi connectivity index (χ3v) is 2.78. The van der Waals surface area contributed by atoms with Gasteiger partial charge in [-0.3, -0.25) is 0 Å². The van der Waals surface area contributed by atoms with Gasteiger partial charge < -0.3 is 9.84 Å². The minimum Gasteiger partial charge on any atom is -0.479 e. The Morgan fingerprint density at radius 2 is 1.95 bits per heavy atom. The molecule has 3 nitrogen and oxygen atoms in total. The van der Waals surface area contributed by atoms with Crippen LogP contribution in [0.2, 0.25) is 0 Å². The molecule has 0 aromatic heterocycles. The largest absolute Gasteiger partial charge is 0.479 e. The second-order valence-electron chi connectivity index (χ2n) is 4.42. The summed E-state index contributed by atoms with van der Waals surface area (Å²) in [5.74, 6) is -1.52. The van der Waals surface area contributed by atoms with Gasteiger partial charge in [-0.05, 0) is 12.0 Å². The smallest absolute Gasteiger partial charge is 0.391 e. The Morgan fingerprint density at radius 3 is 2.45 bits per heavy atom. The summed E-state index contributed by atoms with van der Waals surface area (Å²) in [4.78, 5) is 10.9. The van der Waals surface area contributed by atoms with E-state index in [2.05, 4.69) is 4.74 Å². The fourth-order valence-corrected chi connectivity index (χ4v) is 1.69. The van der Waals surface area contributed by atoms with Crippen molar-refractivity contribution in [1.82, 2.24) is 0 Å². The van der Waals surface area contributed by atoms with Crippen molar-refractivity contribution in [3.63, 3.8) is 0 Å². The Labute approximate surface area is 115 Å². The number of unbranched alkanes of at least 4 members (excludes halogenated alkanes) is 1. The van der Waals surface area contributed by atoms with E-state index < -0.39 is 24.4 Å². The summed E-state index contributed by atoms with van der Waals surface area (Å²) in [7, 11) is 0. The summed E-state index contributed by atoms with van der Waals surface area (Å²) >= 11 is 0. The second-order valence-corrected chi connectivity index (χ2v) is 4.42. The predicted octanol–water partition coefficient (Wildman–Crippen LogP) is 3.95. The minimum atomic E-state index is -4.18. The van der Waals surface area contributed by atoms with Crippen molar-refractivity contribution >= 4 is 5.97 Å². The molecule has 0 spiro atoms. The van der Waals surface area contributed by atoms with Crippen LogP contribution in [0.25, 0.3) is 0 Å². The second kappa shape index (κ2) is 7.28. The summed E-state index contributed by atoms with van der Waals surface area (Å²) in [6.45, 7) is 1.79. The lowest BCUT2D eigenvalue weighted by atomic mass is 10.1. The Bertz CT molecular complexity index is 423. The summed E-state index contributed by atoms with van der Waals surface area (Å²) in [5.41, 5.74) is -0.253. The van der Waals surface area contributed by atoms with Gasteiger partial charge in [0, 0.05) is 0 Å². The first-order valence-electron chi connectivity index (χ1n) is 6.36. The number of alkyl halides is 3. The van der Waals surface area contributed by atoms with E-state index in [1.807, 2.05) is 0 Å². The van der Waals surface area contributed by atoms with Crippen LogP contribution in [-0.2, 0) is 9.53 Å². The molecule has 0 heterocycles. The van der Waals surface area contributed by atoms with Crippen molar-refractivity contribution in [3.05, 3.63) is 35.9 Å². The van der Waals surface area contributed by atoms with E-state index in [9.17, 15) is 18.0 Å². The van der Waals surface area contributed by atoms with Gasteiger partial charge in [-0.2, -0.15) is 8.78 Å². The topological polar surface area (TPSA) is 46.5 Å². The highest BCUT2D eigenvalue weighted by molar-refractivity contribution is 5.72. The van der Waals surface area contributed by atoms with Crippen LogP contribution in [0.3, 0.4) is 0 Å². The van der Waals surface area contributed by atoms with Crippen LogP contribution in [0.4, 0.5) is 13.2 Å². The predicted molar refractivity (Wildman–Crippen MR) is 67.3 cm³/mol. The molecule has 0 bridgehead atoms. The molecule has 0 saturated carbocycles. The van der Waals surface area contributed by atoms with Gasteiger partial charge in [-0.15, -0.1) is 0 Å². The summed E-state index contributed by atoms with van der Waals surface area (Å²) in [6.07, 6.45) is -7.63.